The molecule has 0 heterocycles. The monoisotopic (exact) mass is 297 g/mol. The lowest BCUT2D eigenvalue weighted by atomic mass is 9.92. The van der Waals surface area contributed by atoms with Crippen LogP contribution in [0.25, 0.3) is 5.57 Å². The number of hydrogen-bond donors (Lipinski definition) is 1. The van der Waals surface area contributed by atoms with Gasteiger partial charge in [-0.3, -0.25) is 4.79 Å². The van der Waals surface area contributed by atoms with Gasteiger partial charge in [-0.1, -0.05) is 60.1 Å². The van der Waals surface area contributed by atoms with Gasteiger partial charge < -0.3 is 5.73 Å². The maximum absolute atomic E-state index is 12.8. The molecule has 2 nitrogen and oxygen atoms in total. The lowest BCUT2D eigenvalue weighted by molar-refractivity contribution is -0.114. The summed E-state index contributed by atoms with van der Waals surface area (Å²) in [5, 5.41) is 0.609. The third-order valence-corrected chi connectivity index (χ3v) is 4.47. The molecule has 2 aromatic carbocycles. The van der Waals surface area contributed by atoms with E-state index >= 15 is 0 Å². The van der Waals surface area contributed by atoms with Crippen LogP contribution in [0, 0.1) is 6.92 Å². The van der Waals surface area contributed by atoms with Gasteiger partial charge in [-0.2, -0.15) is 0 Å². The minimum Gasteiger partial charge on any atom is -0.401 e. The summed E-state index contributed by atoms with van der Waals surface area (Å²) >= 11 is 6.36. The Morgan fingerprint density at radius 3 is 2.52 bits per heavy atom. The summed E-state index contributed by atoms with van der Waals surface area (Å²) in [6, 6.07) is 15.5. The number of rotatable bonds is 2. The van der Waals surface area contributed by atoms with Crippen LogP contribution in [0.5, 0.6) is 0 Å². The largest absolute Gasteiger partial charge is 0.401 e. The number of nitrogens with two attached hydrogens (primary N) is 1. The molecule has 2 N–H and O–H groups in total. The van der Waals surface area contributed by atoms with Crippen LogP contribution in [-0.4, -0.2) is 5.78 Å². The molecule has 1 aliphatic carbocycles. The number of carbonyl (C=O) groups excluding carboxylic acids is 1. The predicted molar refractivity (Wildman–Crippen MR) is 86.1 cm³/mol. The van der Waals surface area contributed by atoms with Gasteiger partial charge in [0.2, 0.25) is 0 Å². The molecule has 0 saturated heterocycles. The highest BCUT2D eigenvalue weighted by Crippen LogP contribution is 2.40. The Hall–Kier alpha value is -2.06. The number of benzene rings is 2. The van der Waals surface area contributed by atoms with Crippen LogP contribution in [0.1, 0.15) is 29.0 Å². The third-order valence-electron chi connectivity index (χ3n) is 3.97. The van der Waals surface area contributed by atoms with Crippen LogP contribution in [0.15, 0.2) is 54.2 Å². The Balaban J connectivity index is 2.03. The first kappa shape index (κ1) is 13.9. The highest BCUT2D eigenvalue weighted by molar-refractivity contribution is 6.37. The minimum absolute atomic E-state index is 0.0613. The topological polar surface area (TPSA) is 43.1 Å². The molecule has 0 saturated carbocycles. The van der Waals surface area contributed by atoms with Crippen molar-refractivity contribution < 1.29 is 4.79 Å². The fourth-order valence-corrected chi connectivity index (χ4v) is 3.07. The van der Waals surface area contributed by atoms with Crippen molar-refractivity contribution in [2.24, 2.45) is 5.73 Å². The molecule has 3 heteroatoms. The van der Waals surface area contributed by atoms with E-state index in [0.29, 0.717) is 22.7 Å². The van der Waals surface area contributed by atoms with Crippen molar-refractivity contribution in [3.8, 4) is 0 Å². The van der Waals surface area contributed by atoms with Crippen molar-refractivity contribution in [3.05, 3.63) is 75.9 Å². The SMILES string of the molecule is Cc1cccc(C2=C(N)CC(c3ccccc3)C2=O)c1Cl. The zero-order valence-electron chi connectivity index (χ0n) is 11.8. The van der Waals surface area contributed by atoms with Gasteiger partial charge in [0.15, 0.2) is 5.78 Å². The average Bonchev–Trinajstić information content (AvgIpc) is 2.78. The summed E-state index contributed by atoms with van der Waals surface area (Å²) < 4.78 is 0. The molecule has 21 heavy (non-hydrogen) atoms. The van der Waals surface area contributed by atoms with Crippen molar-refractivity contribution >= 4 is 23.0 Å². The van der Waals surface area contributed by atoms with Gasteiger partial charge in [0.05, 0.1) is 10.9 Å². The van der Waals surface area contributed by atoms with E-state index in [1.165, 1.54) is 0 Å². The normalized spacial score (nSPS) is 18.4. The van der Waals surface area contributed by atoms with Crippen LogP contribution in [-0.2, 0) is 4.79 Å². The summed E-state index contributed by atoms with van der Waals surface area (Å²) in [6.07, 6.45) is 0.558. The van der Waals surface area contributed by atoms with Crippen LogP contribution < -0.4 is 5.73 Å². The van der Waals surface area contributed by atoms with Gasteiger partial charge in [-0.05, 0) is 18.1 Å². The number of Topliss-reactive ketones (excluding diaryl/α,β-unsaturated/α-hetero) is 1. The van der Waals surface area contributed by atoms with Crippen LogP contribution in [0.3, 0.4) is 0 Å². The van der Waals surface area contributed by atoms with E-state index in [1.807, 2.05) is 55.5 Å². The Morgan fingerprint density at radius 1 is 1.10 bits per heavy atom. The second-order valence-electron chi connectivity index (χ2n) is 5.37. The lowest BCUT2D eigenvalue weighted by Gasteiger charge is -2.11. The summed E-state index contributed by atoms with van der Waals surface area (Å²) in [5.41, 5.74) is 10.1. The number of allylic oxidation sites excluding steroid dienone is 2. The van der Waals surface area contributed by atoms with Crippen molar-refractivity contribution in [2.75, 3.05) is 0 Å². The molecule has 1 unspecified atom stereocenters. The molecule has 0 amide bonds. The van der Waals surface area contributed by atoms with Crippen LogP contribution >= 0.6 is 11.6 Å². The van der Waals surface area contributed by atoms with Gasteiger partial charge in [-0.25, -0.2) is 0 Å². The third kappa shape index (κ3) is 2.36. The van der Waals surface area contributed by atoms with Crippen molar-refractivity contribution in [1.82, 2.24) is 0 Å². The first-order valence-electron chi connectivity index (χ1n) is 6.93. The summed E-state index contributed by atoms with van der Waals surface area (Å²) in [4.78, 5) is 12.8. The average molecular weight is 298 g/mol. The molecule has 106 valence electrons. The highest BCUT2D eigenvalue weighted by atomic mass is 35.5. The van der Waals surface area contributed by atoms with Crippen LogP contribution in [0.2, 0.25) is 5.02 Å². The lowest BCUT2D eigenvalue weighted by Crippen LogP contribution is -2.08. The zero-order chi connectivity index (χ0) is 15.0. The van der Waals surface area contributed by atoms with E-state index in [1.54, 1.807) is 0 Å². The smallest absolute Gasteiger partial charge is 0.173 e. The van der Waals surface area contributed by atoms with Gasteiger partial charge in [0.1, 0.15) is 0 Å². The molecule has 0 spiro atoms. The number of hydrogen-bond acceptors (Lipinski definition) is 2. The zero-order valence-corrected chi connectivity index (χ0v) is 12.5. The molecule has 0 aromatic heterocycles. The molecular formula is C18H16ClNO. The van der Waals surface area contributed by atoms with E-state index in [4.69, 9.17) is 17.3 Å². The second kappa shape index (κ2) is 5.38. The molecule has 1 atom stereocenters. The highest BCUT2D eigenvalue weighted by Gasteiger charge is 2.34. The molecule has 2 aromatic rings. The summed E-state index contributed by atoms with van der Waals surface area (Å²) in [6.45, 7) is 1.93. The Kier molecular flexibility index (Phi) is 3.56. The quantitative estimate of drug-likeness (QED) is 0.908. The Labute approximate surface area is 129 Å². The number of ketones is 1. The first-order chi connectivity index (χ1) is 10.1. The number of aryl methyl sites for hydroxylation is 1. The molecule has 0 bridgehead atoms. The van der Waals surface area contributed by atoms with Crippen molar-refractivity contribution in [2.45, 2.75) is 19.3 Å². The molecule has 0 fully saturated rings. The van der Waals surface area contributed by atoms with E-state index in [9.17, 15) is 4.79 Å². The standard InChI is InChI=1S/C18H16ClNO/c1-11-6-5-9-13(17(11)19)16-15(20)10-14(18(16)21)12-7-3-2-4-8-12/h2-9,14H,10,20H2,1H3. The van der Waals surface area contributed by atoms with Gasteiger partial charge in [0.25, 0.3) is 0 Å². The van der Waals surface area contributed by atoms with E-state index in [-0.39, 0.29) is 11.7 Å². The van der Waals surface area contributed by atoms with Gasteiger partial charge in [-0.15, -0.1) is 0 Å². The number of halogens is 1. The molecule has 0 radical (unpaired) electrons. The maximum atomic E-state index is 12.8. The van der Waals surface area contributed by atoms with E-state index in [0.717, 1.165) is 16.7 Å². The predicted octanol–water partition coefficient (Wildman–Crippen LogP) is 4.07. The molecular weight excluding hydrogens is 282 g/mol. The van der Waals surface area contributed by atoms with E-state index < -0.39 is 0 Å². The Morgan fingerprint density at radius 2 is 1.81 bits per heavy atom. The molecule has 3 rings (SSSR count). The fraction of sp³-hybridized carbons (Fsp3) is 0.167. The van der Waals surface area contributed by atoms with E-state index in [2.05, 4.69) is 0 Å². The summed E-state index contributed by atoms with van der Waals surface area (Å²) in [7, 11) is 0. The fourth-order valence-electron chi connectivity index (χ4n) is 2.85. The van der Waals surface area contributed by atoms with Crippen molar-refractivity contribution in [3.63, 3.8) is 0 Å². The van der Waals surface area contributed by atoms with Crippen LogP contribution in [0.4, 0.5) is 0 Å². The summed E-state index contributed by atoms with van der Waals surface area (Å²) in [5.74, 6) is -0.135. The minimum atomic E-state index is -0.197. The van der Waals surface area contributed by atoms with Crippen molar-refractivity contribution in [1.29, 1.82) is 0 Å². The molecule has 0 aliphatic heterocycles. The maximum Gasteiger partial charge on any atom is 0.173 e. The molecule has 1 aliphatic rings. The second-order valence-corrected chi connectivity index (χ2v) is 5.75. The van der Waals surface area contributed by atoms with Gasteiger partial charge in [0, 0.05) is 23.3 Å². The van der Waals surface area contributed by atoms with Gasteiger partial charge >= 0.3 is 0 Å². The first-order valence-corrected chi connectivity index (χ1v) is 7.30. The Bertz CT molecular complexity index is 734. The number of carbonyl (C=O) groups is 1.